The Labute approximate surface area is 155 Å². The molecule has 1 aliphatic rings. The Morgan fingerprint density at radius 3 is 2.60 bits per heavy atom. The fraction of sp³-hybridized carbons (Fsp3) is 0.529. The fourth-order valence-corrected chi connectivity index (χ4v) is 4.47. The van der Waals surface area contributed by atoms with Gasteiger partial charge in [-0.05, 0) is 30.9 Å². The Morgan fingerprint density at radius 1 is 1.36 bits per heavy atom. The lowest BCUT2D eigenvalue weighted by atomic mass is 10.1. The van der Waals surface area contributed by atoms with Crippen LogP contribution in [0.1, 0.15) is 38.3 Å². The lowest BCUT2D eigenvalue weighted by molar-refractivity contribution is -0.152. The average molecular weight is 437 g/mol. The number of nitrogens with zero attached hydrogens (tertiary/aromatic N) is 1. The smallest absolute Gasteiger partial charge is 0.347 e. The van der Waals surface area contributed by atoms with Gasteiger partial charge in [-0.3, -0.25) is 0 Å². The van der Waals surface area contributed by atoms with E-state index in [2.05, 4.69) is 20.7 Å². The van der Waals surface area contributed by atoms with Crippen molar-refractivity contribution in [3.63, 3.8) is 0 Å². The van der Waals surface area contributed by atoms with Gasteiger partial charge in [-0.25, -0.2) is 8.93 Å². The zero-order valence-electron chi connectivity index (χ0n) is 13.9. The van der Waals surface area contributed by atoms with Crippen LogP contribution in [0.25, 0.3) is 10.9 Å². The van der Waals surface area contributed by atoms with E-state index < -0.39 is 23.2 Å². The van der Waals surface area contributed by atoms with Gasteiger partial charge in [0.05, 0.1) is 11.0 Å². The first-order valence-electron chi connectivity index (χ1n) is 8.18. The number of halogens is 4. The minimum atomic E-state index is -4.52. The highest BCUT2D eigenvalue weighted by Gasteiger charge is 2.45. The van der Waals surface area contributed by atoms with Crippen LogP contribution in [0, 0.1) is 5.92 Å². The number of fused-ring (bicyclic) bond motifs is 1. The summed E-state index contributed by atoms with van der Waals surface area (Å²) in [5.41, 5.74) is 0.871. The highest BCUT2D eigenvalue weighted by molar-refractivity contribution is 9.10. The molecule has 1 aromatic carbocycles. The summed E-state index contributed by atoms with van der Waals surface area (Å²) in [4.78, 5) is 0. The van der Waals surface area contributed by atoms with Gasteiger partial charge in [-0.2, -0.15) is 13.2 Å². The minimum Gasteiger partial charge on any atom is -0.347 e. The lowest BCUT2D eigenvalue weighted by Crippen LogP contribution is -2.36. The molecule has 0 amide bonds. The molecule has 1 aromatic heterocycles. The Hall–Kier alpha value is -0.860. The summed E-state index contributed by atoms with van der Waals surface area (Å²) in [6.07, 6.45) is -1.54. The van der Waals surface area contributed by atoms with Crippen molar-refractivity contribution in [1.29, 1.82) is 0 Å². The van der Waals surface area contributed by atoms with Crippen molar-refractivity contribution >= 4 is 37.8 Å². The average Bonchev–Trinajstić information content (AvgIpc) is 3.28. The summed E-state index contributed by atoms with van der Waals surface area (Å²) in [6.45, 7) is 4.65. The van der Waals surface area contributed by atoms with Gasteiger partial charge in [0.1, 0.15) is 6.04 Å². The van der Waals surface area contributed by atoms with Crippen LogP contribution >= 0.6 is 15.9 Å². The molecule has 1 unspecified atom stereocenters. The van der Waals surface area contributed by atoms with Crippen LogP contribution in [0.5, 0.6) is 0 Å². The normalized spacial score (nSPS) is 18.0. The maximum Gasteiger partial charge on any atom is 0.408 e. The highest BCUT2D eigenvalue weighted by Crippen LogP contribution is 2.39. The molecule has 0 saturated heterocycles. The predicted octanol–water partition coefficient (Wildman–Crippen LogP) is 5.08. The van der Waals surface area contributed by atoms with E-state index in [0.29, 0.717) is 30.7 Å². The van der Waals surface area contributed by atoms with Gasteiger partial charge in [-0.1, -0.05) is 35.8 Å². The second kappa shape index (κ2) is 7.04. The fourth-order valence-electron chi connectivity index (χ4n) is 2.87. The quantitative estimate of drug-likeness (QED) is 0.672. The lowest BCUT2D eigenvalue weighted by Gasteiger charge is -2.21. The molecule has 25 heavy (non-hydrogen) atoms. The molecule has 3 rings (SSSR count). The molecule has 1 fully saturated rings. The molecular weight excluding hydrogens is 417 g/mol. The van der Waals surface area contributed by atoms with Crippen molar-refractivity contribution in [3.05, 3.63) is 34.4 Å². The summed E-state index contributed by atoms with van der Waals surface area (Å²) in [5, 5.41) is 0.370. The van der Waals surface area contributed by atoms with E-state index in [9.17, 15) is 17.4 Å². The van der Waals surface area contributed by atoms with Crippen LogP contribution in [0.2, 0.25) is 0 Å². The largest absolute Gasteiger partial charge is 0.408 e. The molecule has 1 saturated carbocycles. The van der Waals surface area contributed by atoms with E-state index >= 15 is 0 Å². The summed E-state index contributed by atoms with van der Waals surface area (Å²) >= 11 is 3.39. The first kappa shape index (κ1) is 18.9. The summed E-state index contributed by atoms with van der Waals surface area (Å²) in [5.74, 6) is 0.292. The van der Waals surface area contributed by atoms with Gasteiger partial charge in [0, 0.05) is 38.9 Å². The van der Waals surface area contributed by atoms with Gasteiger partial charge >= 0.3 is 6.18 Å². The first-order valence-corrected chi connectivity index (χ1v) is 10.2. The van der Waals surface area contributed by atoms with E-state index in [1.54, 1.807) is 18.3 Å². The van der Waals surface area contributed by atoms with Crippen LogP contribution in [-0.2, 0) is 17.5 Å². The molecule has 2 aromatic rings. The molecule has 2 atom stereocenters. The van der Waals surface area contributed by atoms with Gasteiger partial charge in [0.15, 0.2) is 0 Å². The minimum absolute atomic E-state index is 0.129. The van der Waals surface area contributed by atoms with Gasteiger partial charge in [-0.15, -0.1) is 0 Å². The molecule has 8 heteroatoms. The van der Waals surface area contributed by atoms with E-state index in [4.69, 9.17) is 0 Å². The molecule has 1 aliphatic carbocycles. The van der Waals surface area contributed by atoms with Crippen molar-refractivity contribution in [2.24, 2.45) is 5.92 Å². The number of hydrogen-bond acceptors (Lipinski definition) is 1. The zero-order chi connectivity index (χ0) is 18.4. The topological polar surface area (TPSA) is 34.0 Å². The molecule has 138 valence electrons. The Bertz CT molecular complexity index is 799. The number of hydrogen-bond donors (Lipinski definition) is 1. The second-order valence-corrected chi connectivity index (χ2v) is 9.29. The monoisotopic (exact) mass is 436 g/mol. The Morgan fingerprint density at radius 2 is 2.04 bits per heavy atom. The first-order chi connectivity index (χ1) is 11.7. The third-order valence-corrected chi connectivity index (χ3v) is 6.17. The number of rotatable bonds is 6. The number of benzene rings is 1. The second-order valence-electron chi connectivity index (χ2n) is 6.88. The Balaban J connectivity index is 2.08. The van der Waals surface area contributed by atoms with Crippen LogP contribution in [0.15, 0.2) is 28.9 Å². The van der Waals surface area contributed by atoms with E-state index in [1.807, 2.05) is 24.5 Å². The number of aromatic nitrogens is 1. The predicted molar refractivity (Wildman–Crippen MR) is 97.6 cm³/mol. The number of nitrogens with one attached hydrogen (secondary N) is 1. The van der Waals surface area contributed by atoms with Crippen LogP contribution in [0.4, 0.5) is 13.2 Å². The molecule has 1 N–H and O–H groups in total. The third kappa shape index (κ3) is 4.28. The third-order valence-electron chi connectivity index (χ3n) is 4.14. The zero-order valence-corrected chi connectivity index (χ0v) is 16.3. The highest BCUT2D eigenvalue weighted by atomic mass is 79.9. The molecule has 1 heterocycles. The van der Waals surface area contributed by atoms with Crippen LogP contribution in [-0.4, -0.2) is 20.2 Å². The molecule has 0 radical (unpaired) electrons. The summed E-state index contributed by atoms with van der Waals surface area (Å²) < 4.78 is 58.2. The van der Waals surface area contributed by atoms with Crippen molar-refractivity contribution in [3.8, 4) is 0 Å². The van der Waals surface area contributed by atoms with Gasteiger partial charge in [0.25, 0.3) is 0 Å². The van der Waals surface area contributed by atoms with Crippen LogP contribution in [0.3, 0.4) is 0 Å². The Kier molecular flexibility index (Phi) is 5.33. The standard InChI is InChI=1S/C17H20BrF3N2OS/c1-10(2)8-23-9-14(13-6-3-11(18)7-15(13)23)16(17(19,20)21)22-25(24)12-4-5-12/h3,6-7,9-10,12,16,22H,4-5,8H2,1-2H3/t16-,25?/m0/s1. The maximum absolute atomic E-state index is 13.7. The summed E-state index contributed by atoms with van der Waals surface area (Å²) in [7, 11) is -1.67. The molecule has 0 bridgehead atoms. The van der Waals surface area contributed by atoms with E-state index in [1.165, 1.54) is 0 Å². The number of alkyl halides is 3. The molecular formula is C17H20BrF3N2OS. The molecule has 3 nitrogen and oxygen atoms in total. The van der Waals surface area contributed by atoms with E-state index in [-0.39, 0.29) is 10.8 Å². The maximum atomic E-state index is 13.7. The van der Waals surface area contributed by atoms with Gasteiger partial charge in [0.2, 0.25) is 0 Å². The van der Waals surface area contributed by atoms with E-state index in [0.717, 1.165) is 9.99 Å². The van der Waals surface area contributed by atoms with Gasteiger partial charge < -0.3 is 4.57 Å². The summed E-state index contributed by atoms with van der Waals surface area (Å²) in [6, 6.07) is 3.31. The van der Waals surface area contributed by atoms with Crippen molar-refractivity contribution in [2.45, 2.75) is 50.7 Å². The molecule has 0 aliphatic heterocycles. The van der Waals surface area contributed by atoms with Crippen LogP contribution < -0.4 is 4.72 Å². The van der Waals surface area contributed by atoms with Crippen molar-refractivity contribution in [1.82, 2.24) is 9.29 Å². The van der Waals surface area contributed by atoms with Crippen molar-refractivity contribution < 1.29 is 17.4 Å². The molecule has 0 spiro atoms. The SMILES string of the molecule is CC(C)Cn1cc([C@H](NS(=O)C2CC2)C(F)(F)F)c2ccc(Br)cc21. The van der Waals surface area contributed by atoms with Crippen molar-refractivity contribution in [2.75, 3.05) is 0 Å².